The molecule has 0 unspecified atom stereocenters. The Morgan fingerprint density at radius 1 is 1.00 bits per heavy atom. The number of carbonyl (C=O) groups excluding carboxylic acids is 1. The van der Waals surface area contributed by atoms with Gasteiger partial charge in [-0.25, -0.2) is 4.98 Å². The normalized spacial score (nSPS) is 14.5. The van der Waals surface area contributed by atoms with Crippen LogP contribution in [0.2, 0.25) is 0 Å². The molecule has 5 rings (SSSR count). The van der Waals surface area contributed by atoms with Crippen molar-refractivity contribution in [3.05, 3.63) is 60.2 Å². The van der Waals surface area contributed by atoms with E-state index in [4.69, 9.17) is 4.74 Å². The second-order valence-corrected chi connectivity index (χ2v) is 6.79. The molecule has 0 radical (unpaired) electrons. The van der Waals surface area contributed by atoms with Crippen molar-refractivity contribution in [3.8, 4) is 5.88 Å². The summed E-state index contributed by atoms with van der Waals surface area (Å²) in [6.45, 7) is 1.11. The lowest BCUT2D eigenvalue weighted by molar-refractivity contribution is 0.0161. The summed E-state index contributed by atoms with van der Waals surface area (Å²) in [5.41, 5.74) is 3.11. The van der Waals surface area contributed by atoms with Crippen molar-refractivity contribution in [2.24, 2.45) is 0 Å². The molecule has 1 fully saturated rings. The summed E-state index contributed by atoms with van der Waals surface area (Å²) in [6.07, 6.45) is -0.0303. The monoisotopic (exact) mass is 362 g/mol. The number of carbonyl (C=O) groups is 1. The van der Waals surface area contributed by atoms with Crippen LogP contribution in [0.5, 0.6) is 5.88 Å². The van der Waals surface area contributed by atoms with Crippen molar-refractivity contribution in [1.29, 1.82) is 0 Å². The third-order valence-electron chi connectivity index (χ3n) is 4.50. The highest BCUT2D eigenvalue weighted by Crippen LogP contribution is 2.22. The second-order valence-electron chi connectivity index (χ2n) is 6.26. The number of amides is 1. The van der Waals surface area contributed by atoms with Gasteiger partial charge < -0.3 is 9.64 Å². The predicted octanol–water partition coefficient (Wildman–Crippen LogP) is 3.14. The van der Waals surface area contributed by atoms with E-state index in [1.165, 1.54) is 0 Å². The summed E-state index contributed by atoms with van der Waals surface area (Å²) in [4.78, 5) is 18.9. The zero-order valence-electron chi connectivity index (χ0n) is 13.7. The van der Waals surface area contributed by atoms with Gasteiger partial charge in [0.1, 0.15) is 17.1 Å². The fraction of sp³-hybridized carbons (Fsp3) is 0.158. The lowest BCUT2D eigenvalue weighted by atomic mass is 10.1. The number of pyridine rings is 1. The SMILES string of the molecule is O=C(c1ccc2nsnc2c1)N1CC(Oc2ccc3ccccc3n2)C1. The molecule has 4 aromatic rings. The highest BCUT2D eigenvalue weighted by molar-refractivity contribution is 7.00. The number of aromatic nitrogens is 3. The average Bonchev–Trinajstić information content (AvgIpc) is 3.11. The lowest BCUT2D eigenvalue weighted by Gasteiger charge is -2.38. The maximum Gasteiger partial charge on any atom is 0.254 e. The Morgan fingerprint density at radius 2 is 1.85 bits per heavy atom. The molecule has 0 N–H and O–H groups in total. The molecule has 128 valence electrons. The summed E-state index contributed by atoms with van der Waals surface area (Å²) in [6, 6.07) is 17.2. The first-order valence-electron chi connectivity index (χ1n) is 8.30. The summed E-state index contributed by atoms with van der Waals surface area (Å²) in [7, 11) is 0. The largest absolute Gasteiger partial charge is 0.471 e. The Morgan fingerprint density at radius 3 is 2.77 bits per heavy atom. The minimum absolute atomic E-state index is 0.00813. The van der Waals surface area contributed by atoms with E-state index in [1.54, 1.807) is 17.0 Å². The van der Waals surface area contributed by atoms with Gasteiger partial charge in [-0.1, -0.05) is 18.2 Å². The van der Waals surface area contributed by atoms with Gasteiger partial charge in [0.05, 0.1) is 30.3 Å². The van der Waals surface area contributed by atoms with E-state index < -0.39 is 0 Å². The van der Waals surface area contributed by atoms with E-state index in [0.717, 1.165) is 33.7 Å². The quantitative estimate of drug-likeness (QED) is 0.560. The second kappa shape index (κ2) is 6.03. The van der Waals surface area contributed by atoms with Crippen molar-refractivity contribution in [2.45, 2.75) is 6.10 Å². The molecule has 0 saturated carbocycles. The molecular formula is C19H14N4O2S. The highest BCUT2D eigenvalue weighted by Gasteiger charge is 2.33. The minimum atomic E-state index is -0.0303. The van der Waals surface area contributed by atoms with Gasteiger partial charge >= 0.3 is 0 Å². The molecule has 1 aliphatic rings. The number of benzene rings is 2. The standard InChI is InChI=1S/C19H14N4O2S/c24-19(13-5-7-16-17(9-13)22-26-21-16)23-10-14(11-23)25-18-8-6-12-3-1-2-4-15(12)20-18/h1-9,14H,10-11H2. The molecule has 1 saturated heterocycles. The van der Waals surface area contributed by atoms with Gasteiger partial charge in [-0.05, 0) is 30.3 Å². The van der Waals surface area contributed by atoms with Gasteiger partial charge in [-0.15, -0.1) is 0 Å². The first-order chi connectivity index (χ1) is 12.8. The maximum absolute atomic E-state index is 12.6. The van der Waals surface area contributed by atoms with Gasteiger partial charge in [0.15, 0.2) is 0 Å². The number of para-hydroxylation sites is 1. The average molecular weight is 362 g/mol. The molecule has 26 heavy (non-hydrogen) atoms. The Balaban J connectivity index is 1.25. The van der Waals surface area contributed by atoms with E-state index in [0.29, 0.717) is 24.5 Å². The van der Waals surface area contributed by atoms with Crippen LogP contribution >= 0.6 is 11.7 Å². The molecule has 0 bridgehead atoms. The number of hydrogen-bond acceptors (Lipinski definition) is 6. The van der Waals surface area contributed by atoms with Gasteiger partial charge in [-0.2, -0.15) is 8.75 Å². The van der Waals surface area contributed by atoms with Crippen LogP contribution in [0.4, 0.5) is 0 Å². The van der Waals surface area contributed by atoms with Crippen LogP contribution in [0.1, 0.15) is 10.4 Å². The Bertz CT molecular complexity index is 1120. The minimum Gasteiger partial charge on any atom is -0.471 e. The van der Waals surface area contributed by atoms with Crippen molar-refractivity contribution in [1.82, 2.24) is 18.6 Å². The number of fused-ring (bicyclic) bond motifs is 2. The van der Waals surface area contributed by atoms with Crippen LogP contribution in [-0.2, 0) is 0 Å². The summed E-state index contributed by atoms with van der Waals surface area (Å²) < 4.78 is 14.3. The van der Waals surface area contributed by atoms with Crippen LogP contribution in [0.15, 0.2) is 54.6 Å². The molecule has 6 nitrogen and oxygen atoms in total. The molecule has 0 atom stereocenters. The van der Waals surface area contributed by atoms with E-state index in [1.807, 2.05) is 42.5 Å². The van der Waals surface area contributed by atoms with Gasteiger partial charge in [0.2, 0.25) is 5.88 Å². The Kier molecular flexibility index (Phi) is 3.53. The molecule has 1 aliphatic heterocycles. The Labute approximate surface area is 153 Å². The van der Waals surface area contributed by atoms with Crippen molar-refractivity contribution >= 4 is 39.6 Å². The van der Waals surface area contributed by atoms with E-state index >= 15 is 0 Å². The fourth-order valence-corrected chi connectivity index (χ4v) is 3.58. The molecule has 7 heteroatoms. The van der Waals surface area contributed by atoms with Crippen LogP contribution in [0.3, 0.4) is 0 Å². The maximum atomic E-state index is 12.6. The molecule has 0 aliphatic carbocycles. The molecular weight excluding hydrogens is 348 g/mol. The highest BCUT2D eigenvalue weighted by atomic mass is 32.1. The molecule has 2 aromatic heterocycles. The van der Waals surface area contributed by atoms with Gasteiger partial charge in [-0.3, -0.25) is 4.79 Å². The number of rotatable bonds is 3. The Hall–Kier alpha value is -3.06. The molecule has 3 heterocycles. The number of hydrogen-bond donors (Lipinski definition) is 0. The lowest BCUT2D eigenvalue weighted by Crippen LogP contribution is -2.56. The van der Waals surface area contributed by atoms with Gasteiger partial charge in [0, 0.05) is 17.0 Å². The van der Waals surface area contributed by atoms with Gasteiger partial charge in [0.25, 0.3) is 5.91 Å². The number of ether oxygens (including phenoxy) is 1. The fourth-order valence-electron chi connectivity index (χ4n) is 3.06. The van der Waals surface area contributed by atoms with E-state index in [2.05, 4.69) is 13.7 Å². The smallest absolute Gasteiger partial charge is 0.254 e. The van der Waals surface area contributed by atoms with Crippen molar-refractivity contribution in [3.63, 3.8) is 0 Å². The summed E-state index contributed by atoms with van der Waals surface area (Å²) in [5, 5.41) is 1.08. The zero-order chi connectivity index (χ0) is 17.5. The number of nitrogens with zero attached hydrogens (tertiary/aromatic N) is 4. The van der Waals surface area contributed by atoms with Crippen molar-refractivity contribution < 1.29 is 9.53 Å². The van der Waals surface area contributed by atoms with E-state index in [-0.39, 0.29) is 12.0 Å². The summed E-state index contributed by atoms with van der Waals surface area (Å²) >= 11 is 1.15. The predicted molar refractivity (Wildman–Crippen MR) is 99.5 cm³/mol. The van der Waals surface area contributed by atoms with Crippen LogP contribution in [-0.4, -0.2) is 43.7 Å². The van der Waals surface area contributed by atoms with Crippen LogP contribution in [0.25, 0.3) is 21.9 Å². The third-order valence-corrected chi connectivity index (χ3v) is 5.05. The first kappa shape index (κ1) is 15.2. The molecule has 0 spiro atoms. The molecule has 1 amide bonds. The van der Waals surface area contributed by atoms with E-state index in [9.17, 15) is 4.79 Å². The van der Waals surface area contributed by atoms with Crippen molar-refractivity contribution in [2.75, 3.05) is 13.1 Å². The molecule has 2 aromatic carbocycles. The third kappa shape index (κ3) is 2.66. The zero-order valence-corrected chi connectivity index (χ0v) is 14.5. The first-order valence-corrected chi connectivity index (χ1v) is 9.03. The van der Waals surface area contributed by atoms with Crippen LogP contribution < -0.4 is 4.74 Å². The van der Waals surface area contributed by atoms with Crippen LogP contribution in [0, 0.1) is 0 Å². The summed E-state index contributed by atoms with van der Waals surface area (Å²) in [5.74, 6) is 0.585. The number of likely N-dealkylation sites (tertiary alicyclic amines) is 1. The topological polar surface area (TPSA) is 68.2 Å².